The minimum atomic E-state index is -0.120. The van der Waals surface area contributed by atoms with Gasteiger partial charge in [0.1, 0.15) is 11.5 Å². The molecule has 0 unspecified atom stereocenters. The van der Waals surface area contributed by atoms with E-state index < -0.39 is 0 Å². The van der Waals surface area contributed by atoms with Crippen LogP contribution in [0.3, 0.4) is 0 Å². The van der Waals surface area contributed by atoms with Gasteiger partial charge in [-0.05, 0) is 31.5 Å². The monoisotopic (exact) mass is 368 g/mol. The zero-order valence-electron chi connectivity index (χ0n) is 16.2. The Hall–Kier alpha value is -2.70. The predicted molar refractivity (Wildman–Crippen MR) is 107 cm³/mol. The van der Waals surface area contributed by atoms with E-state index in [1.165, 1.54) is 0 Å². The van der Waals surface area contributed by atoms with Crippen molar-refractivity contribution in [2.24, 2.45) is 0 Å². The largest absolute Gasteiger partial charge is 0.353 e. The van der Waals surface area contributed by atoms with Gasteiger partial charge >= 0.3 is 0 Å². The van der Waals surface area contributed by atoms with Gasteiger partial charge < -0.3 is 15.1 Å². The normalized spacial score (nSPS) is 14.3. The maximum atomic E-state index is 12.4. The van der Waals surface area contributed by atoms with Gasteiger partial charge in [0.2, 0.25) is 5.95 Å². The molecule has 1 amide bonds. The third-order valence-electron chi connectivity index (χ3n) is 4.68. The average Bonchev–Trinajstić information content (AvgIpc) is 2.71. The molecule has 0 aliphatic carbocycles. The Morgan fingerprint density at radius 2 is 1.89 bits per heavy atom. The molecule has 2 aromatic heterocycles. The fourth-order valence-corrected chi connectivity index (χ4v) is 3.15. The van der Waals surface area contributed by atoms with Crippen molar-refractivity contribution in [3.63, 3.8) is 0 Å². The number of anilines is 2. The molecule has 0 saturated carbocycles. The lowest BCUT2D eigenvalue weighted by molar-refractivity contribution is 0.0947. The van der Waals surface area contributed by atoms with E-state index in [4.69, 9.17) is 0 Å². The van der Waals surface area contributed by atoms with Gasteiger partial charge in [-0.1, -0.05) is 25.8 Å². The van der Waals surface area contributed by atoms with Gasteiger partial charge in [0, 0.05) is 44.6 Å². The number of carbonyl (C=O) groups is 1. The van der Waals surface area contributed by atoms with Crippen molar-refractivity contribution in [1.29, 1.82) is 0 Å². The minimum absolute atomic E-state index is 0.120. The van der Waals surface area contributed by atoms with Crippen LogP contribution in [0.25, 0.3) is 0 Å². The quantitative estimate of drug-likeness (QED) is 0.757. The van der Waals surface area contributed by atoms with E-state index in [1.54, 1.807) is 6.07 Å². The molecule has 0 radical (unpaired) electrons. The van der Waals surface area contributed by atoms with Gasteiger partial charge in [-0.25, -0.2) is 15.0 Å². The van der Waals surface area contributed by atoms with Crippen LogP contribution >= 0.6 is 0 Å². The Labute approximate surface area is 160 Å². The number of nitrogens with one attached hydrogen (secondary N) is 1. The number of pyridine rings is 1. The lowest BCUT2D eigenvalue weighted by Gasteiger charge is -2.35. The van der Waals surface area contributed by atoms with Gasteiger partial charge in [-0.3, -0.25) is 4.79 Å². The SMILES string of the molecule is CCCCCNC(=O)c1cc(C)nc(N2CCN(c3ccccn3)CC2)n1. The van der Waals surface area contributed by atoms with E-state index in [-0.39, 0.29) is 5.91 Å². The van der Waals surface area contributed by atoms with Crippen LogP contribution in [0.1, 0.15) is 42.4 Å². The minimum Gasteiger partial charge on any atom is -0.353 e. The van der Waals surface area contributed by atoms with Crippen LogP contribution < -0.4 is 15.1 Å². The Kier molecular flexibility index (Phi) is 6.57. The summed E-state index contributed by atoms with van der Waals surface area (Å²) in [7, 11) is 0. The van der Waals surface area contributed by atoms with Gasteiger partial charge in [0.15, 0.2) is 0 Å². The molecule has 7 heteroatoms. The number of rotatable bonds is 7. The van der Waals surface area contributed by atoms with Crippen LogP contribution in [0.15, 0.2) is 30.5 Å². The van der Waals surface area contributed by atoms with Crippen molar-refractivity contribution in [3.05, 3.63) is 41.9 Å². The Bertz CT molecular complexity index is 743. The van der Waals surface area contributed by atoms with E-state index in [0.29, 0.717) is 18.2 Å². The highest BCUT2D eigenvalue weighted by atomic mass is 16.1. The molecule has 0 spiro atoms. The van der Waals surface area contributed by atoms with Crippen LogP contribution in [0.4, 0.5) is 11.8 Å². The Morgan fingerprint density at radius 3 is 2.59 bits per heavy atom. The first-order chi connectivity index (χ1) is 13.2. The van der Waals surface area contributed by atoms with Crippen LogP contribution in [-0.4, -0.2) is 53.6 Å². The first-order valence-corrected chi connectivity index (χ1v) is 9.72. The Morgan fingerprint density at radius 1 is 1.11 bits per heavy atom. The molecule has 0 atom stereocenters. The van der Waals surface area contributed by atoms with Gasteiger partial charge in [-0.15, -0.1) is 0 Å². The van der Waals surface area contributed by atoms with E-state index >= 15 is 0 Å². The van der Waals surface area contributed by atoms with Crippen LogP contribution in [0, 0.1) is 6.92 Å². The molecule has 0 aromatic carbocycles. The van der Waals surface area contributed by atoms with Gasteiger partial charge in [-0.2, -0.15) is 0 Å². The van der Waals surface area contributed by atoms with Crippen molar-refractivity contribution < 1.29 is 4.79 Å². The van der Waals surface area contributed by atoms with Gasteiger partial charge in [0.25, 0.3) is 5.91 Å². The number of unbranched alkanes of at least 4 members (excludes halogenated alkanes) is 2. The molecular weight excluding hydrogens is 340 g/mol. The summed E-state index contributed by atoms with van der Waals surface area (Å²) in [5, 5.41) is 2.96. The van der Waals surface area contributed by atoms with Crippen LogP contribution in [-0.2, 0) is 0 Å². The number of aromatic nitrogens is 3. The summed E-state index contributed by atoms with van der Waals surface area (Å²) in [6.45, 7) is 8.06. The molecule has 2 aromatic rings. The average molecular weight is 368 g/mol. The van der Waals surface area contributed by atoms with Crippen molar-refractivity contribution >= 4 is 17.7 Å². The fraction of sp³-hybridized carbons (Fsp3) is 0.500. The maximum absolute atomic E-state index is 12.4. The number of amides is 1. The number of hydrogen-bond acceptors (Lipinski definition) is 6. The van der Waals surface area contributed by atoms with Crippen molar-refractivity contribution in [3.8, 4) is 0 Å². The second kappa shape index (κ2) is 9.30. The van der Waals surface area contributed by atoms with Crippen molar-refractivity contribution in [2.75, 3.05) is 42.5 Å². The number of aryl methyl sites for hydroxylation is 1. The highest BCUT2D eigenvalue weighted by molar-refractivity contribution is 5.92. The molecule has 27 heavy (non-hydrogen) atoms. The van der Waals surface area contributed by atoms with E-state index in [1.807, 2.05) is 31.3 Å². The number of nitrogens with zero attached hydrogens (tertiary/aromatic N) is 5. The summed E-state index contributed by atoms with van der Waals surface area (Å²) in [4.78, 5) is 30.3. The smallest absolute Gasteiger partial charge is 0.270 e. The molecule has 3 heterocycles. The third kappa shape index (κ3) is 5.15. The second-order valence-electron chi connectivity index (χ2n) is 6.82. The van der Waals surface area contributed by atoms with Crippen LogP contribution in [0.2, 0.25) is 0 Å². The van der Waals surface area contributed by atoms with E-state index in [0.717, 1.165) is 57.0 Å². The first-order valence-electron chi connectivity index (χ1n) is 9.72. The summed E-state index contributed by atoms with van der Waals surface area (Å²) in [5.74, 6) is 1.51. The molecule has 3 rings (SSSR count). The zero-order valence-corrected chi connectivity index (χ0v) is 16.2. The maximum Gasteiger partial charge on any atom is 0.270 e. The molecule has 0 bridgehead atoms. The lowest BCUT2D eigenvalue weighted by atomic mass is 10.2. The lowest BCUT2D eigenvalue weighted by Crippen LogP contribution is -2.47. The number of carbonyl (C=O) groups excluding carboxylic acids is 1. The van der Waals surface area contributed by atoms with E-state index in [9.17, 15) is 4.79 Å². The Balaban J connectivity index is 1.62. The molecule has 144 valence electrons. The van der Waals surface area contributed by atoms with E-state index in [2.05, 4.69) is 37.0 Å². The third-order valence-corrected chi connectivity index (χ3v) is 4.68. The molecule has 1 aliphatic rings. The first kappa shape index (κ1) is 19.1. The summed E-state index contributed by atoms with van der Waals surface area (Å²) < 4.78 is 0. The topological polar surface area (TPSA) is 74.2 Å². The zero-order chi connectivity index (χ0) is 19.1. The fourth-order valence-electron chi connectivity index (χ4n) is 3.15. The summed E-state index contributed by atoms with van der Waals surface area (Å²) in [6, 6.07) is 7.71. The molecule has 7 nitrogen and oxygen atoms in total. The highest BCUT2D eigenvalue weighted by Crippen LogP contribution is 2.17. The standard InChI is InChI=1S/C20H28N6O/c1-3-4-6-10-22-19(27)17-15-16(2)23-20(24-17)26-13-11-25(12-14-26)18-8-5-7-9-21-18/h5,7-9,15H,3-4,6,10-14H2,1-2H3,(H,22,27). The molecular formula is C20H28N6O. The summed E-state index contributed by atoms with van der Waals surface area (Å²) in [5.41, 5.74) is 1.26. The van der Waals surface area contributed by atoms with Gasteiger partial charge in [0.05, 0.1) is 0 Å². The summed E-state index contributed by atoms with van der Waals surface area (Å²) in [6.07, 6.45) is 5.07. The van der Waals surface area contributed by atoms with Crippen molar-refractivity contribution in [1.82, 2.24) is 20.3 Å². The van der Waals surface area contributed by atoms with Crippen molar-refractivity contribution in [2.45, 2.75) is 33.1 Å². The molecule has 1 saturated heterocycles. The highest BCUT2D eigenvalue weighted by Gasteiger charge is 2.21. The predicted octanol–water partition coefficient (Wildman–Crippen LogP) is 2.43. The second-order valence-corrected chi connectivity index (χ2v) is 6.82. The number of hydrogen-bond donors (Lipinski definition) is 1. The molecule has 1 fully saturated rings. The summed E-state index contributed by atoms with van der Waals surface area (Å²) >= 11 is 0. The molecule has 1 aliphatic heterocycles. The van der Waals surface area contributed by atoms with Crippen LogP contribution in [0.5, 0.6) is 0 Å². The number of piperazine rings is 1. The molecule has 1 N–H and O–H groups in total.